The van der Waals surface area contributed by atoms with E-state index in [1.165, 1.54) is 6.20 Å². The Morgan fingerprint density at radius 1 is 1.07 bits per heavy atom. The van der Waals surface area contributed by atoms with E-state index in [1.54, 1.807) is 0 Å². The van der Waals surface area contributed by atoms with Gasteiger partial charge in [-0.05, 0) is 24.7 Å². The van der Waals surface area contributed by atoms with Crippen LogP contribution in [0.15, 0.2) is 53.5 Å². The number of likely N-dealkylation sites (N-methyl/N-ethyl adjacent to an activating group) is 1. The summed E-state index contributed by atoms with van der Waals surface area (Å²) in [6.45, 7) is 3.69. The Morgan fingerprint density at radius 3 is 2.37 bits per heavy atom. The lowest BCUT2D eigenvalue weighted by Crippen LogP contribution is -2.48. The monoisotopic (exact) mass is 422 g/mol. The van der Waals surface area contributed by atoms with Crippen LogP contribution >= 0.6 is 0 Å². The van der Waals surface area contributed by atoms with Crippen molar-refractivity contribution in [2.45, 2.75) is 18.8 Å². The molecule has 1 amide bonds. The molecule has 3 rings (SSSR count). The van der Waals surface area contributed by atoms with E-state index in [0.717, 1.165) is 48.4 Å². The highest BCUT2D eigenvalue weighted by atomic mass is 19.4. The molecule has 1 atom stereocenters. The van der Waals surface area contributed by atoms with Gasteiger partial charge in [-0.25, -0.2) is 0 Å². The topological polar surface area (TPSA) is 57.6 Å². The van der Waals surface area contributed by atoms with Crippen LogP contribution in [0.4, 0.5) is 13.2 Å². The van der Waals surface area contributed by atoms with Crippen molar-refractivity contribution in [3.63, 3.8) is 0 Å². The second-order valence-corrected chi connectivity index (χ2v) is 7.49. The van der Waals surface area contributed by atoms with Crippen molar-refractivity contribution < 1.29 is 18.0 Å². The molecule has 0 spiro atoms. The third-order valence-electron chi connectivity index (χ3n) is 5.21. The minimum atomic E-state index is -4.76. The van der Waals surface area contributed by atoms with Crippen LogP contribution in [-0.2, 0) is 17.5 Å². The summed E-state index contributed by atoms with van der Waals surface area (Å²) < 4.78 is 39.7. The number of alkyl halides is 3. The van der Waals surface area contributed by atoms with Crippen LogP contribution in [0.3, 0.4) is 0 Å². The van der Waals surface area contributed by atoms with Gasteiger partial charge in [-0.2, -0.15) is 13.2 Å². The Balaban J connectivity index is 1.73. The van der Waals surface area contributed by atoms with Gasteiger partial charge in [-0.15, -0.1) is 0 Å². The molecule has 162 valence electrons. The summed E-state index contributed by atoms with van der Waals surface area (Å²) in [4.78, 5) is 29.2. The molecule has 1 aliphatic rings. The molecule has 1 unspecified atom stereocenters. The highest BCUT2D eigenvalue weighted by molar-refractivity contribution is 5.76. The maximum Gasteiger partial charge on any atom is 0.421 e. The van der Waals surface area contributed by atoms with E-state index in [-0.39, 0.29) is 6.04 Å². The average molecular weight is 422 g/mol. The number of amides is 1. The number of nitrogens with zero attached hydrogens (tertiary/aromatic N) is 3. The van der Waals surface area contributed by atoms with Crippen LogP contribution < -0.4 is 10.9 Å². The molecular weight excluding hydrogens is 397 g/mol. The number of carbonyl (C=O) groups is 1. The molecule has 6 nitrogen and oxygen atoms in total. The Kier molecular flexibility index (Phi) is 6.94. The summed E-state index contributed by atoms with van der Waals surface area (Å²) in [5.74, 6) is -0.514. The summed E-state index contributed by atoms with van der Waals surface area (Å²) in [6, 6.07) is 10.9. The van der Waals surface area contributed by atoms with Crippen molar-refractivity contribution in [1.82, 2.24) is 19.7 Å². The first-order valence-electron chi connectivity index (χ1n) is 9.76. The summed E-state index contributed by atoms with van der Waals surface area (Å²) in [7, 11) is 2.06. The molecule has 0 bridgehead atoms. The summed E-state index contributed by atoms with van der Waals surface area (Å²) in [5, 5.41) is 2.89. The highest BCUT2D eigenvalue weighted by Crippen LogP contribution is 2.26. The maximum atomic E-state index is 13.0. The number of pyridine rings is 1. The predicted molar refractivity (Wildman–Crippen MR) is 107 cm³/mol. The minimum absolute atomic E-state index is 0.330. The lowest BCUT2D eigenvalue weighted by molar-refractivity contribution is -0.139. The van der Waals surface area contributed by atoms with Gasteiger partial charge in [-0.1, -0.05) is 30.3 Å². The molecule has 0 radical (unpaired) electrons. The molecule has 1 aromatic carbocycles. The number of carbonyl (C=O) groups excluding carboxylic acids is 1. The molecular formula is C21H25F3N4O2. The van der Waals surface area contributed by atoms with Crippen LogP contribution in [0.5, 0.6) is 0 Å². The lowest BCUT2D eigenvalue weighted by Gasteiger charge is -2.35. The van der Waals surface area contributed by atoms with E-state index in [0.29, 0.717) is 6.54 Å². The largest absolute Gasteiger partial charge is 0.421 e. The van der Waals surface area contributed by atoms with Crippen LogP contribution in [0.25, 0.3) is 0 Å². The van der Waals surface area contributed by atoms with Crippen molar-refractivity contribution >= 4 is 5.91 Å². The van der Waals surface area contributed by atoms with Crippen molar-refractivity contribution in [3.8, 4) is 0 Å². The van der Waals surface area contributed by atoms with E-state index in [1.807, 2.05) is 30.3 Å². The number of halogens is 3. The molecule has 0 saturated carbocycles. The molecule has 1 N–H and O–H groups in total. The van der Waals surface area contributed by atoms with Gasteiger partial charge in [0.2, 0.25) is 5.91 Å². The number of hydrogen-bond donors (Lipinski definition) is 1. The molecule has 9 heteroatoms. The standard InChI is InChI=1S/C21H25F3N4O2/c1-26-10-12-27(13-11-26)14-18(16-6-3-2-4-7-16)25-19(29)15-28-9-5-8-17(20(28)30)21(22,23)24/h2-9,18H,10-15H2,1H3,(H,25,29). The van der Waals surface area contributed by atoms with Crippen LogP contribution in [0, 0.1) is 0 Å². The van der Waals surface area contributed by atoms with Gasteiger partial charge in [0.05, 0.1) is 6.04 Å². The van der Waals surface area contributed by atoms with Crippen LogP contribution in [0.2, 0.25) is 0 Å². The number of nitrogens with one attached hydrogen (secondary N) is 1. The third kappa shape index (κ3) is 5.70. The zero-order valence-electron chi connectivity index (χ0n) is 16.7. The number of rotatable bonds is 6. The first-order chi connectivity index (χ1) is 14.2. The number of hydrogen-bond acceptors (Lipinski definition) is 4. The lowest BCUT2D eigenvalue weighted by atomic mass is 10.1. The first-order valence-corrected chi connectivity index (χ1v) is 9.76. The summed E-state index contributed by atoms with van der Waals surface area (Å²) in [5.41, 5.74) is -1.61. The summed E-state index contributed by atoms with van der Waals surface area (Å²) in [6.07, 6.45) is -3.57. The van der Waals surface area contributed by atoms with E-state index < -0.39 is 29.8 Å². The fraction of sp³-hybridized carbons (Fsp3) is 0.429. The molecule has 0 aliphatic carbocycles. The van der Waals surface area contributed by atoms with E-state index in [4.69, 9.17) is 0 Å². The third-order valence-corrected chi connectivity index (χ3v) is 5.21. The van der Waals surface area contributed by atoms with Crippen molar-refractivity contribution in [2.24, 2.45) is 0 Å². The van der Waals surface area contributed by atoms with Gasteiger partial charge >= 0.3 is 6.18 Å². The number of piperazine rings is 1. The van der Waals surface area contributed by atoms with Gasteiger partial charge in [0.15, 0.2) is 0 Å². The molecule has 1 fully saturated rings. The van der Waals surface area contributed by atoms with Crippen molar-refractivity contribution in [1.29, 1.82) is 0 Å². The number of aromatic nitrogens is 1. The molecule has 1 saturated heterocycles. The molecule has 1 aliphatic heterocycles. The van der Waals surface area contributed by atoms with Crippen molar-refractivity contribution in [3.05, 3.63) is 70.1 Å². The molecule has 2 heterocycles. The van der Waals surface area contributed by atoms with Crippen LogP contribution in [-0.4, -0.2) is 60.0 Å². The summed E-state index contributed by atoms with van der Waals surface area (Å²) >= 11 is 0. The second-order valence-electron chi connectivity index (χ2n) is 7.49. The molecule has 1 aromatic heterocycles. The molecule has 2 aromatic rings. The Labute approximate surface area is 172 Å². The zero-order chi connectivity index (χ0) is 21.7. The average Bonchev–Trinajstić information content (AvgIpc) is 2.70. The van der Waals surface area contributed by atoms with Gasteiger partial charge < -0.3 is 14.8 Å². The second kappa shape index (κ2) is 9.44. The Hall–Kier alpha value is -2.65. The SMILES string of the molecule is CN1CCN(CC(NC(=O)Cn2cccc(C(F)(F)F)c2=O)c2ccccc2)CC1. The Morgan fingerprint density at radius 2 is 1.73 bits per heavy atom. The zero-order valence-corrected chi connectivity index (χ0v) is 16.7. The van der Waals surface area contributed by atoms with E-state index in [9.17, 15) is 22.8 Å². The minimum Gasteiger partial charge on any atom is -0.346 e. The van der Waals surface area contributed by atoms with E-state index in [2.05, 4.69) is 22.2 Å². The Bertz CT molecular complexity index is 906. The van der Waals surface area contributed by atoms with E-state index >= 15 is 0 Å². The van der Waals surface area contributed by atoms with Gasteiger partial charge in [0, 0.05) is 38.9 Å². The van der Waals surface area contributed by atoms with Gasteiger partial charge in [0.1, 0.15) is 12.1 Å². The highest BCUT2D eigenvalue weighted by Gasteiger charge is 2.34. The van der Waals surface area contributed by atoms with Gasteiger partial charge in [0.25, 0.3) is 5.56 Å². The van der Waals surface area contributed by atoms with Gasteiger partial charge in [-0.3, -0.25) is 14.5 Å². The quantitative estimate of drug-likeness (QED) is 0.774. The molecule has 30 heavy (non-hydrogen) atoms. The predicted octanol–water partition coefficient (Wildman–Crippen LogP) is 1.97. The smallest absolute Gasteiger partial charge is 0.346 e. The fourth-order valence-corrected chi connectivity index (χ4v) is 3.48. The van der Waals surface area contributed by atoms with Crippen LogP contribution in [0.1, 0.15) is 17.2 Å². The first kappa shape index (κ1) is 22.0. The number of benzene rings is 1. The fourth-order valence-electron chi connectivity index (χ4n) is 3.48. The normalized spacial score (nSPS) is 16.9. The maximum absolute atomic E-state index is 13.0. The van der Waals surface area contributed by atoms with Crippen molar-refractivity contribution in [2.75, 3.05) is 39.8 Å².